The number of hydrogen-bond acceptors (Lipinski definition) is 4. The Morgan fingerprint density at radius 2 is 1.73 bits per heavy atom. The first kappa shape index (κ1) is 16.8. The molecule has 0 aliphatic carbocycles. The maximum Gasteiger partial charge on any atom is 0.229 e. The molecule has 118 valence electrons. The minimum absolute atomic E-state index is 0.519. The van der Waals surface area contributed by atoms with Crippen LogP contribution >= 0.6 is 23.2 Å². The van der Waals surface area contributed by atoms with E-state index < -0.39 is 0 Å². The number of hydrogen-bond donors (Lipinski definition) is 2. The Morgan fingerprint density at radius 1 is 1.05 bits per heavy atom. The Kier molecular flexibility index (Phi) is 5.86. The van der Waals surface area contributed by atoms with E-state index in [2.05, 4.69) is 34.4 Å². The third kappa shape index (κ3) is 5.35. The molecule has 0 fully saturated rings. The zero-order chi connectivity index (χ0) is 16.1. The van der Waals surface area contributed by atoms with Crippen molar-refractivity contribution in [2.24, 2.45) is 5.92 Å². The van der Waals surface area contributed by atoms with Crippen LogP contribution in [-0.2, 0) is 0 Å². The summed E-state index contributed by atoms with van der Waals surface area (Å²) in [5, 5.41) is 7.59. The third-order valence-electron chi connectivity index (χ3n) is 3.00. The Bertz CT molecular complexity index is 624. The Balaban J connectivity index is 2.11. The van der Waals surface area contributed by atoms with Crippen molar-refractivity contribution in [2.45, 2.75) is 27.2 Å². The third-order valence-corrected chi connectivity index (χ3v) is 3.44. The van der Waals surface area contributed by atoms with E-state index in [1.54, 1.807) is 18.2 Å². The molecule has 6 heteroatoms. The Hall–Kier alpha value is -1.52. The molecule has 4 nitrogen and oxygen atoms in total. The molecule has 0 bridgehead atoms. The van der Waals surface area contributed by atoms with Gasteiger partial charge in [0.1, 0.15) is 5.82 Å². The maximum absolute atomic E-state index is 6.00. The number of aryl methyl sites for hydroxylation is 1. The predicted molar refractivity (Wildman–Crippen MR) is 94.5 cm³/mol. The first-order chi connectivity index (χ1) is 10.4. The van der Waals surface area contributed by atoms with Crippen molar-refractivity contribution < 1.29 is 0 Å². The van der Waals surface area contributed by atoms with Gasteiger partial charge >= 0.3 is 0 Å². The standard InChI is InChI=1S/C16H20Cl2N4/c1-10(2)4-5-19-15-6-11(3)20-16(22-15)21-14-8-12(17)7-13(18)9-14/h6-10H,4-5H2,1-3H3,(H2,19,20,21,22). The lowest BCUT2D eigenvalue weighted by Crippen LogP contribution is -2.08. The van der Waals surface area contributed by atoms with Gasteiger partial charge in [-0.15, -0.1) is 0 Å². The molecule has 1 aromatic heterocycles. The minimum Gasteiger partial charge on any atom is -0.370 e. The lowest BCUT2D eigenvalue weighted by Gasteiger charge is -2.11. The van der Waals surface area contributed by atoms with Crippen LogP contribution in [0.4, 0.5) is 17.5 Å². The van der Waals surface area contributed by atoms with Gasteiger partial charge < -0.3 is 10.6 Å². The molecule has 0 aliphatic heterocycles. The molecule has 0 radical (unpaired) electrons. The molecule has 0 atom stereocenters. The second-order valence-corrected chi connectivity index (χ2v) is 6.48. The van der Waals surface area contributed by atoms with Gasteiger partial charge in [0.05, 0.1) is 0 Å². The maximum atomic E-state index is 6.00. The molecule has 2 aromatic rings. The molecule has 0 unspecified atom stereocenters. The van der Waals surface area contributed by atoms with Crippen molar-refractivity contribution in [1.82, 2.24) is 9.97 Å². The van der Waals surface area contributed by atoms with Crippen molar-refractivity contribution in [1.29, 1.82) is 0 Å². The monoisotopic (exact) mass is 338 g/mol. The summed E-state index contributed by atoms with van der Waals surface area (Å²) in [6.07, 6.45) is 1.09. The molecular weight excluding hydrogens is 319 g/mol. The molecule has 22 heavy (non-hydrogen) atoms. The molecular formula is C16H20Cl2N4. The van der Waals surface area contributed by atoms with Gasteiger partial charge in [-0.1, -0.05) is 37.0 Å². The SMILES string of the molecule is Cc1cc(NCCC(C)C)nc(Nc2cc(Cl)cc(Cl)c2)n1. The first-order valence-corrected chi connectivity index (χ1v) is 8.00. The highest BCUT2D eigenvalue weighted by atomic mass is 35.5. The number of aromatic nitrogens is 2. The lowest BCUT2D eigenvalue weighted by atomic mass is 10.1. The quantitative estimate of drug-likeness (QED) is 0.750. The van der Waals surface area contributed by atoms with Crippen molar-refractivity contribution >= 4 is 40.7 Å². The predicted octanol–water partition coefficient (Wildman–Crippen LogP) is 5.29. The first-order valence-electron chi connectivity index (χ1n) is 7.25. The molecule has 2 N–H and O–H groups in total. The van der Waals surface area contributed by atoms with Gasteiger partial charge in [-0.3, -0.25) is 0 Å². The van der Waals surface area contributed by atoms with Crippen LogP contribution in [0.5, 0.6) is 0 Å². The second kappa shape index (κ2) is 7.65. The highest BCUT2D eigenvalue weighted by molar-refractivity contribution is 6.35. The van der Waals surface area contributed by atoms with Crippen LogP contribution in [0.3, 0.4) is 0 Å². The van der Waals surface area contributed by atoms with Crippen LogP contribution in [0.2, 0.25) is 10.0 Å². The fraction of sp³-hybridized carbons (Fsp3) is 0.375. The summed E-state index contributed by atoms with van der Waals surface area (Å²) < 4.78 is 0. The van der Waals surface area contributed by atoms with Crippen molar-refractivity contribution in [2.75, 3.05) is 17.2 Å². The zero-order valence-electron chi connectivity index (χ0n) is 13.0. The summed E-state index contributed by atoms with van der Waals surface area (Å²) in [5.41, 5.74) is 1.65. The van der Waals surface area contributed by atoms with Crippen LogP contribution in [0.1, 0.15) is 26.0 Å². The Labute approximate surface area is 141 Å². The molecule has 1 heterocycles. The summed E-state index contributed by atoms with van der Waals surface area (Å²) in [4.78, 5) is 8.85. The topological polar surface area (TPSA) is 49.8 Å². The number of rotatable bonds is 6. The number of nitrogens with zero attached hydrogens (tertiary/aromatic N) is 2. The second-order valence-electron chi connectivity index (χ2n) is 5.61. The van der Waals surface area contributed by atoms with E-state index >= 15 is 0 Å². The summed E-state index contributed by atoms with van der Waals surface area (Å²) in [6, 6.07) is 7.18. The highest BCUT2D eigenvalue weighted by Gasteiger charge is 2.05. The minimum atomic E-state index is 0.519. The molecule has 0 spiro atoms. The molecule has 0 amide bonds. The largest absolute Gasteiger partial charge is 0.370 e. The fourth-order valence-corrected chi connectivity index (χ4v) is 2.49. The highest BCUT2D eigenvalue weighted by Crippen LogP contribution is 2.24. The van der Waals surface area contributed by atoms with Gasteiger partial charge in [0.2, 0.25) is 5.95 Å². The van der Waals surface area contributed by atoms with E-state index in [-0.39, 0.29) is 0 Å². The van der Waals surface area contributed by atoms with E-state index in [1.165, 1.54) is 0 Å². The Morgan fingerprint density at radius 3 is 2.36 bits per heavy atom. The van der Waals surface area contributed by atoms with Gasteiger partial charge in [-0.25, -0.2) is 4.98 Å². The summed E-state index contributed by atoms with van der Waals surface area (Å²) in [5.74, 6) is 1.98. The van der Waals surface area contributed by atoms with Crippen LogP contribution < -0.4 is 10.6 Å². The van der Waals surface area contributed by atoms with Gasteiger partial charge in [0, 0.05) is 34.0 Å². The smallest absolute Gasteiger partial charge is 0.229 e. The zero-order valence-corrected chi connectivity index (χ0v) is 14.5. The number of benzene rings is 1. The van der Waals surface area contributed by atoms with Gasteiger partial charge in [0.15, 0.2) is 0 Å². The van der Waals surface area contributed by atoms with Gasteiger partial charge in [-0.05, 0) is 37.5 Å². The van der Waals surface area contributed by atoms with Crippen LogP contribution in [0.15, 0.2) is 24.3 Å². The van der Waals surface area contributed by atoms with Crippen molar-refractivity contribution in [3.63, 3.8) is 0 Å². The summed E-state index contributed by atoms with van der Waals surface area (Å²) in [7, 11) is 0. The van der Waals surface area contributed by atoms with Crippen molar-refractivity contribution in [3.8, 4) is 0 Å². The average Bonchev–Trinajstić information content (AvgIpc) is 2.36. The van der Waals surface area contributed by atoms with E-state index in [0.29, 0.717) is 21.9 Å². The van der Waals surface area contributed by atoms with E-state index in [1.807, 2.05) is 13.0 Å². The van der Waals surface area contributed by atoms with Crippen LogP contribution in [0.25, 0.3) is 0 Å². The van der Waals surface area contributed by atoms with E-state index in [9.17, 15) is 0 Å². The molecule has 2 rings (SSSR count). The van der Waals surface area contributed by atoms with Crippen LogP contribution in [-0.4, -0.2) is 16.5 Å². The molecule has 0 aliphatic rings. The van der Waals surface area contributed by atoms with E-state index in [0.717, 1.165) is 30.2 Å². The van der Waals surface area contributed by atoms with Gasteiger partial charge in [0.25, 0.3) is 0 Å². The van der Waals surface area contributed by atoms with E-state index in [4.69, 9.17) is 23.2 Å². The summed E-state index contributed by atoms with van der Waals surface area (Å²) >= 11 is 12.0. The molecule has 0 saturated heterocycles. The lowest BCUT2D eigenvalue weighted by molar-refractivity contribution is 0.606. The number of nitrogens with one attached hydrogen (secondary N) is 2. The number of anilines is 3. The van der Waals surface area contributed by atoms with Crippen molar-refractivity contribution in [3.05, 3.63) is 40.0 Å². The van der Waals surface area contributed by atoms with Gasteiger partial charge in [-0.2, -0.15) is 4.98 Å². The average molecular weight is 339 g/mol. The normalized spacial score (nSPS) is 10.8. The molecule has 0 saturated carbocycles. The number of halogens is 2. The van der Waals surface area contributed by atoms with Crippen LogP contribution in [0, 0.1) is 12.8 Å². The summed E-state index contributed by atoms with van der Waals surface area (Å²) in [6.45, 7) is 7.22. The fourth-order valence-electron chi connectivity index (χ4n) is 1.96. The molecule has 1 aromatic carbocycles.